The van der Waals surface area contributed by atoms with Crippen molar-refractivity contribution in [3.05, 3.63) is 12.2 Å². The number of nitrogens with zero attached hydrogens (tertiary/aromatic N) is 3. The Bertz CT molecular complexity index is 339. The molecule has 1 saturated carbocycles. The zero-order valence-electron chi connectivity index (χ0n) is 10.3. The molecule has 0 atom stereocenters. The molecule has 1 aliphatic carbocycles. The lowest BCUT2D eigenvalue weighted by Crippen LogP contribution is -2.18. The Morgan fingerprint density at radius 1 is 1.44 bits per heavy atom. The minimum Gasteiger partial charge on any atom is -0.330 e. The molecule has 0 aromatic carbocycles. The summed E-state index contributed by atoms with van der Waals surface area (Å²) in [6.45, 7) is 5.32. The Labute approximate surface area is 97.2 Å². The molecular weight excluding hydrogens is 200 g/mol. The number of rotatable bonds is 6. The van der Waals surface area contributed by atoms with Gasteiger partial charge in [0, 0.05) is 12.5 Å². The van der Waals surface area contributed by atoms with E-state index in [1.165, 1.54) is 12.8 Å². The highest BCUT2D eigenvalue weighted by Gasteiger charge is 2.26. The molecule has 1 aromatic rings. The van der Waals surface area contributed by atoms with Crippen LogP contribution in [0.4, 0.5) is 0 Å². The highest BCUT2D eigenvalue weighted by Crippen LogP contribution is 2.36. The summed E-state index contributed by atoms with van der Waals surface area (Å²) in [5.41, 5.74) is 5.93. The first-order chi connectivity index (χ1) is 7.62. The molecule has 4 nitrogen and oxygen atoms in total. The minimum absolute atomic E-state index is 0.315. The van der Waals surface area contributed by atoms with Crippen LogP contribution in [0.2, 0.25) is 0 Å². The maximum Gasteiger partial charge on any atom is 0.133 e. The smallest absolute Gasteiger partial charge is 0.133 e. The molecular formula is C12H22N4. The summed E-state index contributed by atoms with van der Waals surface area (Å²) in [6, 6.07) is 0.683. The molecule has 16 heavy (non-hydrogen) atoms. The standard InChI is InChI=1S/C12H22N4/c1-12(2,7-8-13)6-5-11-15-14-9-16(11)10-3-4-10/h9-10H,3-8,13H2,1-2H3. The van der Waals surface area contributed by atoms with Crippen molar-refractivity contribution in [3.8, 4) is 0 Å². The third-order valence-corrected chi connectivity index (χ3v) is 3.43. The largest absolute Gasteiger partial charge is 0.330 e. The first kappa shape index (κ1) is 11.6. The van der Waals surface area contributed by atoms with Crippen molar-refractivity contribution in [2.75, 3.05) is 6.54 Å². The molecule has 90 valence electrons. The predicted molar refractivity (Wildman–Crippen MR) is 64.1 cm³/mol. The lowest BCUT2D eigenvalue weighted by molar-refractivity contribution is 0.309. The second-order valence-electron chi connectivity index (χ2n) is 5.59. The van der Waals surface area contributed by atoms with Crippen LogP contribution < -0.4 is 5.73 Å². The van der Waals surface area contributed by atoms with Crippen LogP contribution in [-0.4, -0.2) is 21.3 Å². The molecule has 1 heterocycles. The average molecular weight is 222 g/mol. The van der Waals surface area contributed by atoms with Gasteiger partial charge in [0.05, 0.1) is 0 Å². The van der Waals surface area contributed by atoms with Crippen LogP contribution in [-0.2, 0) is 6.42 Å². The van der Waals surface area contributed by atoms with Gasteiger partial charge in [-0.2, -0.15) is 0 Å². The molecule has 0 spiro atoms. The van der Waals surface area contributed by atoms with Gasteiger partial charge in [0.25, 0.3) is 0 Å². The summed E-state index contributed by atoms with van der Waals surface area (Å²) in [7, 11) is 0. The highest BCUT2D eigenvalue weighted by atomic mass is 15.3. The summed E-state index contributed by atoms with van der Waals surface area (Å²) in [6.07, 6.45) is 7.68. The Hall–Kier alpha value is -0.900. The van der Waals surface area contributed by atoms with Crippen LogP contribution in [0, 0.1) is 5.41 Å². The van der Waals surface area contributed by atoms with E-state index in [9.17, 15) is 0 Å². The van der Waals surface area contributed by atoms with Crippen LogP contribution in [0.1, 0.15) is 51.4 Å². The Morgan fingerprint density at radius 2 is 2.19 bits per heavy atom. The fraction of sp³-hybridized carbons (Fsp3) is 0.833. The normalized spacial score (nSPS) is 16.7. The number of aromatic nitrogens is 3. The van der Waals surface area contributed by atoms with Crippen molar-refractivity contribution in [3.63, 3.8) is 0 Å². The first-order valence-corrected chi connectivity index (χ1v) is 6.21. The number of nitrogens with two attached hydrogens (primary N) is 1. The molecule has 0 unspecified atom stereocenters. The fourth-order valence-electron chi connectivity index (χ4n) is 2.07. The highest BCUT2D eigenvalue weighted by molar-refractivity contribution is 4.95. The van der Waals surface area contributed by atoms with E-state index in [4.69, 9.17) is 5.73 Å². The summed E-state index contributed by atoms with van der Waals surface area (Å²) >= 11 is 0. The number of hydrogen-bond donors (Lipinski definition) is 1. The van der Waals surface area contributed by atoms with Gasteiger partial charge >= 0.3 is 0 Å². The van der Waals surface area contributed by atoms with Crippen LogP contribution in [0.3, 0.4) is 0 Å². The van der Waals surface area contributed by atoms with Gasteiger partial charge in [0.1, 0.15) is 12.2 Å². The summed E-state index contributed by atoms with van der Waals surface area (Å²) in [5.74, 6) is 1.15. The SMILES string of the molecule is CC(C)(CCN)CCc1nncn1C1CC1. The van der Waals surface area contributed by atoms with Gasteiger partial charge in [0.15, 0.2) is 0 Å². The molecule has 0 bridgehead atoms. The quantitative estimate of drug-likeness (QED) is 0.800. The van der Waals surface area contributed by atoms with Crippen LogP contribution in [0.15, 0.2) is 6.33 Å². The van der Waals surface area contributed by atoms with Gasteiger partial charge in [0.2, 0.25) is 0 Å². The van der Waals surface area contributed by atoms with Crippen molar-refractivity contribution in [1.82, 2.24) is 14.8 Å². The zero-order chi connectivity index (χ0) is 11.6. The van der Waals surface area contributed by atoms with Crippen LogP contribution in [0.5, 0.6) is 0 Å². The van der Waals surface area contributed by atoms with Gasteiger partial charge in [-0.25, -0.2) is 0 Å². The minimum atomic E-state index is 0.315. The van der Waals surface area contributed by atoms with E-state index in [2.05, 4.69) is 28.6 Å². The number of aryl methyl sites for hydroxylation is 1. The Kier molecular flexibility index (Phi) is 3.28. The number of hydrogen-bond acceptors (Lipinski definition) is 3. The van der Waals surface area contributed by atoms with Crippen molar-refractivity contribution in [1.29, 1.82) is 0 Å². The van der Waals surface area contributed by atoms with Crippen molar-refractivity contribution in [2.45, 2.75) is 52.0 Å². The molecule has 1 aromatic heterocycles. The van der Waals surface area contributed by atoms with E-state index >= 15 is 0 Å². The fourth-order valence-corrected chi connectivity index (χ4v) is 2.07. The molecule has 0 saturated heterocycles. The molecule has 2 N–H and O–H groups in total. The lowest BCUT2D eigenvalue weighted by atomic mass is 9.84. The average Bonchev–Trinajstić information content (AvgIpc) is 2.95. The molecule has 4 heteroatoms. The Morgan fingerprint density at radius 3 is 2.81 bits per heavy atom. The van der Waals surface area contributed by atoms with Gasteiger partial charge < -0.3 is 10.3 Å². The van der Waals surface area contributed by atoms with Crippen molar-refractivity contribution < 1.29 is 0 Å². The molecule has 1 aliphatic rings. The van der Waals surface area contributed by atoms with E-state index in [0.29, 0.717) is 11.5 Å². The van der Waals surface area contributed by atoms with Crippen molar-refractivity contribution in [2.24, 2.45) is 11.1 Å². The van der Waals surface area contributed by atoms with E-state index in [1.54, 1.807) is 0 Å². The van der Waals surface area contributed by atoms with Gasteiger partial charge in [-0.05, 0) is 37.6 Å². The Balaban J connectivity index is 1.91. The van der Waals surface area contributed by atoms with E-state index < -0.39 is 0 Å². The maximum absolute atomic E-state index is 5.62. The van der Waals surface area contributed by atoms with Gasteiger partial charge in [-0.3, -0.25) is 0 Å². The summed E-state index contributed by atoms with van der Waals surface area (Å²) < 4.78 is 2.25. The first-order valence-electron chi connectivity index (χ1n) is 6.21. The van der Waals surface area contributed by atoms with Gasteiger partial charge in [-0.15, -0.1) is 10.2 Å². The maximum atomic E-state index is 5.62. The van der Waals surface area contributed by atoms with E-state index in [1.807, 2.05) is 6.33 Å². The van der Waals surface area contributed by atoms with Crippen molar-refractivity contribution >= 4 is 0 Å². The van der Waals surface area contributed by atoms with E-state index in [-0.39, 0.29) is 0 Å². The monoisotopic (exact) mass is 222 g/mol. The third-order valence-electron chi connectivity index (χ3n) is 3.43. The molecule has 0 aliphatic heterocycles. The van der Waals surface area contributed by atoms with Crippen LogP contribution in [0.25, 0.3) is 0 Å². The van der Waals surface area contributed by atoms with Crippen LogP contribution >= 0.6 is 0 Å². The summed E-state index contributed by atoms with van der Waals surface area (Å²) in [4.78, 5) is 0. The zero-order valence-corrected chi connectivity index (χ0v) is 10.3. The molecule has 0 amide bonds. The van der Waals surface area contributed by atoms with Gasteiger partial charge in [-0.1, -0.05) is 13.8 Å². The lowest BCUT2D eigenvalue weighted by Gasteiger charge is -2.23. The summed E-state index contributed by atoms with van der Waals surface area (Å²) in [5, 5.41) is 8.24. The topological polar surface area (TPSA) is 56.7 Å². The second kappa shape index (κ2) is 4.53. The van der Waals surface area contributed by atoms with E-state index in [0.717, 1.165) is 31.6 Å². The predicted octanol–water partition coefficient (Wildman–Crippen LogP) is 1.92. The second-order valence-corrected chi connectivity index (χ2v) is 5.59. The molecule has 2 rings (SSSR count). The molecule has 1 fully saturated rings. The molecule has 0 radical (unpaired) electrons. The third kappa shape index (κ3) is 2.82.